The quantitative estimate of drug-likeness (QED) is 0.629. The highest BCUT2D eigenvalue weighted by Crippen LogP contribution is 2.35. The van der Waals surface area contributed by atoms with Gasteiger partial charge in [-0.15, -0.1) is 0 Å². The Morgan fingerprint density at radius 3 is 2.88 bits per heavy atom. The summed E-state index contributed by atoms with van der Waals surface area (Å²) in [5.74, 6) is 0. The lowest BCUT2D eigenvalue weighted by Gasteiger charge is -2.12. The summed E-state index contributed by atoms with van der Waals surface area (Å²) >= 11 is 0. The zero-order chi connectivity index (χ0) is 11.8. The molecule has 0 saturated carbocycles. The Balaban J connectivity index is 2.05. The number of nitro groups is 1. The minimum Gasteiger partial charge on any atom is -0.310 e. The Bertz CT molecular complexity index is 465. The summed E-state index contributed by atoms with van der Waals surface area (Å²) in [6, 6.07) is 4.28. The van der Waals surface area contributed by atoms with Crippen LogP contribution in [0.3, 0.4) is 0 Å². The largest absolute Gasteiger partial charge is 0.310 e. The van der Waals surface area contributed by atoms with Crippen LogP contribution in [0.4, 0.5) is 5.69 Å². The number of nitro benzene ring substituents is 1. The molecule has 0 bridgehead atoms. The molecule has 4 heteroatoms. The van der Waals surface area contributed by atoms with Gasteiger partial charge in [0.1, 0.15) is 0 Å². The van der Waals surface area contributed by atoms with Crippen molar-refractivity contribution < 1.29 is 4.92 Å². The number of nitrogens with one attached hydrogen (secondary N) is 1. The third-order valence-corrected chi connectivity index (χ3v) is 3.87. The highest BCUT2D eigenvalue weighted by molar-refractivity contribution is 5.51. The van der Waals surface area contributed by atoms with Gasteiger partial charge in [0.15, 0.2) is 0 Å². The van der Waals surface area contributed by atoms with E-state index in [0.717, 1.165) is 49.8 Å². The zero-order valence-corrected chi connectivity index (χ0v) is 9.74. The lowest BCUT2D eigenvalue weighted by Crippen LogP contribution is -2.13. The van der Waals surface area contributed by atoms with E-state index in [1.807, 2.05) is 0 Å². The minimum absolute atomic E-state index is 0.220. The van der Waals surface area contributed by atoms with Crippen LogP contribution in [0.5, 0.6) is 0 Å². The Morgan fingerprint density at radius 2 is 2.18 bits per heavy atom. The normalized spacial score (nSPS) is 22.7. The summed E-state index contributed by atoms with van der Waals surface area (Å²) in [6.07, 6.45) is 5.17. The summed E-state index contributed by atoms with van der Waals surface area (Å²) < 4.78 is 0. The van der Waals surface area contributed by atoms with E-state index in [9.17, 15) is 10.1 Å². The second-order valence-corrected chi connectivity index (χ2v) is 4.94. The molecular formula is C13H16N2O2. The first-order chi connectivity index (χ1) is 8.25. The summed E-state index contributed by atoms with van der Waals surface area (Å²) in [6.45, 7) is 1.02. The fraction of sp³-hybridized carbons (Fsp3) is 0.538. The van der Waals surface area contributed by atoms with E-state index in [0.29, 0.717) is 11.7 Å². The first-order valence-corrected chi connectivity index (χ1v) is 6.29. The zero-order valence-electron chi connectivity index (χ0n) is 9.74. The van der Waals surface area contributed by atoms with Crippen LogP contribution in [-0.4, -0.2) is 11.5 Å². The second kappa shape index (κ2) is 4.11. The van der Waals surface area contributed by atoms with Gasteiger partial charge in [0.2, 0.25) is 0 Å². The van der Waals surface area contributed by atoms with Crippen molar-refractivity contribution in [2.45, 2.75) is 38.1 Å². The van der Waals surface area contributed by atoms with Gasteiger partial charge in [0, 0.05) is 17.7 Å². The molecule has 1 heterocycles. The van der Waals surface area contributed by atoms with Gasteiger partial charge in [-0.3, -0.25) is 10.1 Å². The van der Waals surface area contributed by atoms with Crippen molar-refractivity contribution in [3.8, 4) is 0 Å². The van der Waals surface area contributed by atoms with Gasteiger partial charge in [-0.25, -0.2) is 0 Å². The SMILES string of the molecule is O=[N+]([O-])c1cc([C@@H]2CCCN2)cc2c1CCC2. The van der Waals surface area contributed by atoms with Crippen LogP contribution >= 0.6 is 0 Å². The molecular weight excluding hydrogens is 216 g/mol. The Kier molecular flexibility index (Phi) is 2.59. The highest BCUT2D eigenvalue weighted by Gasteiger charge is 2.26. The third-order valence-electron chi connectivity index (χ3n) is 3.87. The molecule has 0 aromatic heterocycles. The Hall–Kier alpha value is -1.42. The summed E-state index contributed by atoms with van der Waals surface area (Å²) in [5.41, 5.74) is 3.61. The number of aryl methyl sites for hydroxylation is 1. The van der Waals surface area contributed by atoms with E-state index in [4.69, 9.17) is 0 Å². The van der Waals surface area contributed by atoms with Crippen LogP contribution in [0, 0.1) is 10.1 Å². The average molecular weight is 232 g/mol. The van der Waals surface area contributed by atoms with Crippen molar-refractivity contribution in [1.29, 1.82) is 0 Å². The molecule has 1 aromatic rings. The topological polar surface area (TPSA) is 55.2 Å². The first-order valence-electron chi connectivity index (χ1n) is 6.29. The van der Waals surface area contributed by atoms with Crippen molar-refractivity contribution in [3.63, 3.8) is 0 Å². The van der Waals surface area contributed by atoms with Crippen molar-refractivity contribution in [2.75, 3.05) is 6.54 Å². The maximum atomic E-state index is 11.1. The Morgan fingerprint density at radius 1 is 1.29 bits per heavy atom. The van der Waals surface area contributed by atoms with Crippen molar-refractivity contribution in [3.05, 3.63) is 38.9 Å². The predicted molar refractivity (Wildman–Crippen MR) is 65.1 cm³/mol. The molecule has 1 saturated heterocycles. The monoisotopic (exact) mass is 232 g/mol. The summed E-state index contributed by atoms with van der Waals surface area (Å²) in [7, 11) is 0. The molecule has 0 spiro atoms. The number of rotatable bonds is 2. The number of hydrogen-bond acceptors (Lipinski definition) is 3. The van der Waals surface area contributed by atoms with Gasteiger partial charge >= 0.3 is 0 Å². The van der Waals surface area contributed by atoms with Crippen molar-refractivity contribution in [2.24, 2.45) is 0 Å². The molecule has 2 aliphatic rings. The van der Waals surface area contributed by atoms with Gasteiger partial charge in [-0.1, -0.05) is 6.07 Å². The summed E-state index contributed by atoms with van der Waals surface area (Å²) in [5, 5.41) is 14.5. The fourth-order valence-electron chi connectivity index (χ4n) is 3.04. The van der Waals surface area contributed by atoms with Gasteiger partial charge in [0.05, 0.1) is 4.92 Å². The molecule has 4 nitrogen and oxygen atoms in total. The number of benzene rings is 1. The van der Waals surface area contributed by atoms with E-state index in [2.05, 4.69) is 11.4 Å². The Labute approximate surface area is 100 Å². The predicted octanol–water partition coefficient (Wildman–Crippen LogP) is 2.51. The highest BCUT2D eigenvalue weighted by atomic mass is 16.6. The van der Waals surface area contributed by atoms with E-state index in [1.54, 1.807) is 6.07 Å². The van der Waals surface area contributed by atoms with E-state index < -0.39 is 0 Å². The number of nitrogens with zero attached hydrogens (tertiary/aromatic N) is 1. The van der Waals surface area contributed by atoms with E-state index in [-0.39, 0.29) is 4.92 Å². The smallest absolute Gasteiger partial charge is 0.273 e. The third kappa shape index (κ3) is 1.82. The van der Waals surface area contributed by atoms with E-state index >= 15 is 0 Å². The van der Waals surface area contributed by atoms with Crippen LogP contribution in [0.15, 0.2) is 12.1 Å². The molecule has 1 N–H and O–H groups in total. The fourth-order valence-corrected chi connectivity index (χ4v) is 3.04. The number of hydrogen-bond donors (Lipinski definition) is 1. The van der Waals surface area contributed by atoms with E-state index in [1.165, 1.54) is 5.56 Å². The van der Waals surface area contributed by atoms with Crippen LogP contribution in [0.25, 0.3) is 0 Å². The van der Waals surface area contributed by atoms with Crippen LogP contribution in [0.2, 0.25) is 0 Å². The molecule has 0 amide bonds. The van der Waals surface area contributed by atoms with Crippen LogP contribution < -0.4 is 5.32 Å². The maximum absolute atomic E-state index is 11.1. The molecule has 1 aromatic carbocycles. The van der Waals surface area contributed by atoms with Crippen LogP contribution in [-0.2, 0) is 12.8 Å². The molecule has 1 atom stereocenters. The maximum Gasteiger partial charge on any atom is 0.273 e. The lowest BCUT2D eigenvalue weighted by atomic mass is 9.98. The molecule has 90 valence electrons. The van der Waals surface area contributed by atoms with Crippen LogP contribution in [0.1, 0.15) is 42.0 Å². The van der Waals surface area contributed by atoms with Crippen molar-refractivity contribution in [1.82, 2.24) is 5.32 Å². The molecule has 1 aliphatic carbocycles. The molecule has 0 radical (unpaired) electrons. The van der Waals surface area contributed by atoms with Gasteiger partial charge in [0.25, 0.3) is 5.69 Å². The van der Waals surface area contributed by atoms with Crippen molar-refractivity contribution >= 4 is 5.69 Å². The second-order valence-electron chi connectivity index (χ2n) is 4.94. The lowest BCUT2D eigenvalue weighted by molar-refractivity contribution is -0.385. The van der Waals surface area contributed by atoms with Gasteiger partial charge < -0.3 is 5.32 Å². The van der Waals surface area contributed by atoms with Gasteiger partial charge in [-0.2, -0.15) is 0 Å². The van der Waals surface area contributed by atoms with Gasteiger partial charge in [-0.05, 0) is 49.8 Å². The minimum atomic E-state index is -0.220. The molecule has 17 heavy (non-hydrogen) atoms. The molecule has 1 aliphatic heterocycles. The molecule has 1 fully saturated rings. The summed E-state index contributed by atoms with van der Waals surface area (Å²) in [4.78, 5) is 10.9. The average Bonchev–Trinajstić information content (AvgIpc) is 2.98. The standard InChI is InChI=1S/C13H16N2O2/c16-15(17)13-8-10(12-5-2-6-14-12)7-9-3-1-4-11(9)13/h7-8,12,14H,1-6H2/t12-/m0/s1. The number of fused-ring (bicyclic) bond motifs is 1. The molecule has 3 rings (SSSR count). The first kappa shape index (κ1) is 10.7. The molecule has 0 unspecified atom stereocenters.